The fourth-order valence-electron chi connectivity index (χ4n) is 2.62. The lowest BCUT2D eigenvalue weighted by atomic mass is 10.1. The predicted octanol–water partition coefficient (Wildman–Crippen LogP) is 5.45. The van der Waals surface area contributed by atoms with Crippen molar-refractivity contribution in [2.45, 2.75) is 13.8 Å². The van der Waals surface area contributed by atoms with Crippen LogP contribution in [-0.2, 0) is 0 Å². The van der Waals surface area contributed by atoms with Gasteiger partial charge in [0.25, 0.3) is 0 Å². The Kier molecular flexibility index (Phi) is 4.69. The molecule has 0 amide bonds. The number of rotatable bonds is 4. The Bertz CT molecular complexity index is 845. The molecule has 0 saturated carbocycles. The maximum Gasteiger partial charge on any atom is 0.163 e. The van der Waals surface area contributed by atoms with Crippen molar-refractivity contribution in [3.63, 3.8) is 0 Å². The third-order valence-corrected chi connectivity index (χ3v) is 4.37. The van der Waals surface area contributed by atoms with Crippen molar-refractivity contribution in [1.29, 1.82) is 0 Å². The fraction of sp³-hybridized carbons (Fsp3) is 0.222. The van der Waals surface area contributed by atoms with Crippen LogP contribution in [0, 0.1) is 0 Å². The minimum atomic E-state index is 0.554. The number of anilines is 1. The molecule has 3 aromatic rings. The summed E-state index contributed by atoms with van der Waals surface area (Å²) in [7, 11) is 0. The SMILES string of the molecule is CCN(CC)c1nc(-c2ccc(Cl)cc2Cl)nc2ccccc12. The zero-order chi connectivity index (χ0) is 16.4. The summed E-state index contributed by atoms with van der Waals surface area (Å²) in [5, 5.41) is 2.20. The van der Waals surface area contributed by atoms with Crippen molar-refractivity contribution in [3.8, 4) is 11.4 Å². The van der Waals surface area contributed by atoms with E-state index in [1.165, 1.54) is 0 Å². The van der Waals surface area contributed by atoms with Crippen molar-refractivity contribution >= 4 is 39.9 Å². The monoisotopic (exact) mass is 345 g/mol. The third-order valence-electron chi connectivity index (χ3n) is 3.82. The van der Waals surface area contributed by atoms with Gasteiger partial charge in [-0.25, -0.2) is 9.97 Å². The van der Waals surface area contributed by atoms with Crippen LogP contribution >= 0.6 is 23.2 Å². The first-order valence-corrected chi connectivity index (χ1v) is 8.36. The van der Waals surface area contributed by atoms with E-state index in [9.17, 15) is 0 Å². The number of benzene rings is 2. The molecule has 1 heterocycles. The van der Waals surface area contributed by atoms with Gasteiger partial charge in [-0.2, -0.15) is 0 Å². The number of hydrogen-bond acceptors (Lipinski definition) is 3. The molecule has 0 saturated heterocycles. The minimum Gasteiger partial charge on any atom is -0.357 e. The number of nitrogens with zero attached hydrogens (tertiary/aromatic N) is 3. The molecule has 0 aliphatic carbocycles. The minimum absolute atomic E-state index is 0.554. The van der Waals surface area contributed by atoms with Crippen LogP contribution in [0.25, 0.3) is 22.3 Å². The van der Waals surface area contributed by atoms with E-state index in [1.54, 1.807) is 12.1 Å². The second-order valence-electron chi connectivity index (χ2n) is 5.18. The molecule has 0 spiro atoms. The second kappa shape index (κ2) is 6.73. The summed E-state index contributed by atoms with van der Waals surface area (Å²) < 4.78 is 0. The molecular formula is C18H17Cl2N3. The summed E-state index contributed by atoms with van der Waals surface area (Å²) in [5.41, 5.74) is 1.70. The first-order chi connectivity index (χ1) is 11.1. The molecule has 0 N–H and O–H groups in total. The van der Waals surface area contributed by atoms with Crippen molar-refractivity contribution in [1.82, 2.24) is 9.97 Å². The standard InChI is InChI=1S/C18H17Cl2N3/c1-3-23(4-2)18-14-7-5-6-8-16(14)21-17(22-18)13-10-9-12(19)11-15(13)20/h5-11H,3-4H2,1-2H3. The molecule has 1 aromatic heterocycles. The Morgan fingerprint density at radius 2 is 1.70 bits per heavy atom. The van der Waals surface area contributed by atoms with Gasteiger partial charge in [0.1, 0.15) is 5.82 Å². The van der Waals surface area contributed by atoms with E-state index in [0.29, 0.717) is 15.9 Å². The van der Waals surface area contributed by atoms with Crippen LogP contribution in [0.3, 0.4) is 0 Å². The van der Waals surface area contributed by atoms with E-state index in [4.69, 9.17) is 28.2 Å². The van der Waals surface area contributed by atoms with Crippen LogP contribution in [0.4, 0.5) is 5.82 Å². The summed E-state index contributed by atoms with van der Waals surface area (Å²) in [6, 6.07) is 13.4. The molecule has 0 aliphatic heterocycles. The van der Waals surface area contributed by atoms with Crippen molar-refractivity contribution in [2.24, 2.45) is 0 Å². The van der Waals surface area contributed by atoms with Crippen LogP contribution in [0.2, 0.25) is 10.0 Å². The molecule has 0 fully saturated rings. The van der Waals surface area contributed by atoms with Gasteiger partial charge in [0.15, 0.2) is 5.82 Å². The van der Waals surface area contributed by atoms with E-state index >= 15 is 0 Å². The van der Waals surface area contributed by atoms with Crippen LogP contribution in [-0.4, -0.2) is 23.1 Å². The van der Waals surface area contributed by atoms with Gasteiger partial charge in [0, 0.05) is 29.1 Å². The van der Waals surface area contributed by atoms with Gasteiger partial charge in [0.2, 0.25) is 0 Å². The highest BCUT2D eigenvalue weighted by molar-refractivity contribution is 6.36. The Hall–Kier alpha value is -1.84. The van der Waals surface area contributed by atoms with E-state index in [1.807, 2.05) is 24.3 Å². The highest BCUT2D eigenvalue weighted by Gasteiger charge is 2.15. The zero-order valence-electron chi connectivity index (χ0n) is 13.1. The quantitative estimate of drug-likeness (QED) is 0.629. The van der Waals surface area contributed by atoms with E-state index in [2.05, 4.69) is 29.8 Å². The normalized spacial score (nSPS) is 11.0. The van der Waals surface area contributed by atoms with Gasteiger partial charge >= 0.3 is 0 Å². The summed E-state index contributed by atoms with van der Waals surface area (Å²) in [5.74, 6) is 1.55. The fourth-order valence-corrected chi connectivity index (χ4v) is 3.11. The first kappa shape index (κ1) is 16.0. The zero-order valence-corrected chi connectivity index (χ0v) is 14.6. The molecule has 23 heavy (non-hydrogen) atoms. The van der Waals surface area contributed by atoms with E-state index in [-0.39, 0.29) is 0 Å². The topological polar surface area (TPSA) is 29.0 Å². The van der Waals surface area contributed by atoms with Crippen molar-refractivity contribution in [2.75, 3.05) is 18.0 Å². The van der Waals surface area contributed by atoms with Crippen molar-refractivity contribution in [3.05, 3.63) is 52.5 Å². The molecule has 5 heteroatoms. The lowest BCUT2D eigenvalue weighted by Gasteiger charge is -2.22. The largest absolute Gasteiger partial charge is 0.357 e. The molecule has 118 valence electrons. The number of fused-ring (bicyclic) bond motifs is 1. The molecular weight excluding hydrogens is 329 g/mol. The van der Waals surface area contributed by atoms with Crippen molar-refractivity contribution < 1.29 is 0 Å². The van der Waals surface area contributed by atoms with E-state index < -0.39 is 0 Å². The van der Waals surface area contributed by atoms with E-state index in [0.717, 1.165) is 35.4 Å². The van der Waals surface area contributed by atoms with Crippen LogP contribution in [0.15, 0.2) is 42.5 Å². The lowest BCUT2D eigenvalue weighted by molar-refractivity contribution is 0.850. The molecule has 0 radical (unpaired) electrons. The molecule has 0 atom stereocenters. The van der Waals surface area contributed by atoms with Crippen LogP contribution in [0.5, 0.6) is 0 Å². The highest BCUT2D eigenvalue weighted by atomic mass is 35.5. The average Bonchev–Trinajstić information content (AvgIpc) is 2.55. The Balaban J connectivity index is 2.26. The molecule has 2 aromatic carbocycles. The van der Waals surface area contributed by atoms with Crippen LogP contribution < -0.4 is 4.90 Å². The van der Waals surface area contributed by atoms with Crippen LogP contribution in [0.1, 0.15) is 13.8 Å². The lowest BCUT2D eigenvalue weighted by Crippen LogP contribution is -2.23. The van der Waals surface area contributed by atoms with Gasteiger partial charge in [-0.3, -0.25) is 0 Å². The molecule has 0 unspecified atom stereocenters. The molecule has 3 nitrogen and oxygen atoms in total. The summed E-state index contributed by atoms with van der Waals surface area (Å²) in [6.07, 6.45) is 0. The predicted molar refractivity (Wildman–Crippen MR) is 98.6 cm³/mol. The summed E-state index contributed by atoms with van der Waals surface area (Å²) in [4.78, 5) is 11.7. The van der Waals surface area contributed by atoms with Gasteiger partial charge in [-0.15, -0.1) is 0 Å². The smallest absolute Gasteiger partial charge is 0.163 e. The molecule has 3 rings (SSSR count). The van der Waals surface area contributed by atoms with Gasteiger partial charge in [-0.05, 0) is 44.2 Å². The molecule has 0 aliphatic rings. The number of para-hydroxylation sites is 1. The maximum absolute atomic E-state index is 6.34. The molecule has 0 bridgehead atoms. The number of aromatic nitrogens is 2. The van der Waals surface area contributed by atoms with Gasteiger partial charge < -0.3 is 4.90 Å². The number of halogens is 2. The second-order valence-corrected chi connectivity index (χ2v) is 6.03. The first-order valence-electron chi connectivity index (χ1n) is 7.61. The highest BCUT2D eigenvalue weighted by Crippen LogP contribution is 2.32. The summed E-state index contributed by atoms with van der Waals surface area (Å²) >= 11 is 12.3. The maximum atomic E-state index is 6.34. The third kappa shape index (κ3) is 3.12. The average molecular weight is 346 g/mol. The Morgan fingerprint density at radius 3 is 2.39 bits per heavy atom. The Morgan fingerprint density at radius 1 is 0.957 bits per heavy atom. The summed E-state index contributed by atoms with van der Waals surface area (Å²) in [6.45, 7) is 6.00. The Labute approximate surface area is 145 Å². The van der Waals surface area contributed by atoms with Gasteiger partial charge in [-0.1, -0.05) is 35.3 Å². The van der Waals surface area contributed by atoms with Gasteiger partial charge in [0.05, 0.1) is 10.5 Å². The number of hydrogen-bond donors (Lipinski definition) is 0.